The van der Waals surface area contributed by atoms with Crippen molar-refractivity contribution in [3.05, 3.63) is 35.1 Å². The van der Waals surface area contributed by atoms with Gasteiger partial charge in [-0.1, -0.05) is 25.0 Å². The molecule has 3 aliphatic rings. The van der Waals surface area contributed by atoms with E-state index in [1.807, 2.05) is 33.7 Å². The Morgan fingerprint density at radius 2 is 1.69 bits per heavy atom. The van der Waals surface area contributed by atoms with Gasteiger partial charge in [0.2, 0.25) is 11.8 Å². The topological polar surface area (TPSA) is 40.6 Å². The molecular formula is C23H31FN2O2S. The second kappa shape index (κ2) is 9.07. The van der Waals surface area contributed by atoms with E-state index >= 15 is 0 Å². The second-order valence-corrected chi connectivity index (χ2v) is 10.0. The Hall–Kier alpha value is -1.56. The minimum absolute atomic E-state index is 0.0847. The highest BCUT2D eigenvalue weighted by atomic mass is 32.2. The lowest BCUT2D eigenvalue weighted by molar-refractivity contribution is -0.143. The first-order chi connectivity index (χ1) is 14.0. The van der Waals surface area contributed by atoms with Gasteiger partial charge < -0.3 is 9.80 Å². The number of rotatable bonds is 3. The Balaban J connectivity index is 1.56. The fourth-order valence-corrected chi connectivity index (χ4v) is 6.00. The lowest BCUT2D eigenvalue weighted by Crippen LogP contribution is -2.51. The number of halogens is 1. The van der Waals surface area contributed by atoms with Gasteiger partial charge in [-0.25, -0.2) is 4.39 Å². The van der Waals surface area contributed by atoms with Gasteiger partial charge in [0.25, 0.3) is 0 Å². The summed E-state index contributed by atoms with van der Waals surface area (Å²) in [5.41, 5.74) is 1.66. The van der Waals surface area contributed by atoms with Crippen molar-refractivity contribution in [3.63, 3.8) is 0 Å². The van der Waals surface area contributed by atoms with E-state index in [1.54, 1.807) is 6.92 Å². The van der Waals surface area contributed by atoms with Crippen LogP contribution in [-0.2, 0) is 9.59 Å². The summed E-state index contributed by atoms with van der Waals surface area (Å²) in [7, 11) is 0. The number of likely N-dealkylation sites (tertiary alicyclic amines) is 1. The molecular weight excluding hydrogens is 387 g/mol. The maximum absolute atomic E-state index is 13.8. The van der Waals surface area contributed by atoms with Gasteiger partial charge in [-0.15, -0.1) is 0 Å². The van der Waals surface area contributed by atoms with Crippen LogP contribution < -0.4 is 0 Å². The van der Waals surface area contributed by atoms with Crippen molar-refractivity contribution < 1.29 is 14.0 Å². The number of carbonyl (C=O) groups is 2. The maximum atomic E-state index is 13.8. The predicted octanol–water partition coefficient (Wildman–Crippen LogP) is 3.83. The Kier molecular flexibility index (Phi) is 6.47. The summed E-state index contributed by atoms with van der Waals surface area (Å²) < 4.78 is 13.8. The fraction of sp³-hybridized carbons (Fsp3) is 0.652. The van der Waals surface area contributed by atoms with Crippen molar-refractivity contribution in [1.29, 1.82) is 0 Å². The van der Waals surface area contributed by atoms with Gasteiger partial charge >= 0.3 is 0 Å². The molecule has 0 unspecified atom stereocenters. The average molecular weight is 419 g/mol. The van der Waals surface area contributed by atoms with E-state index in [0.717, 1.165) is 62.3 Å². The Morgan fingerprint density at radius 1 is 1.00 bits per heavy atom. The van der Waals surface area contributed by atoms with Crippen molar-refractivity contribution in [3.8, 4) is 0 Å². The molecule has 2 amide bonds. The van der Waals surface area contributed by atoms with Crippen LogP contribution in [-0.4, -0.2) is 59.3 Å². The number of thioether (sulfide) groups is 1. The van der Waals surface area contributed by atoms with Crippen LogP contribution in [0.15, 0.2) is 18.2 Å². The quantitative estimate of drug-likeness (QED) is 0.749. The van der Waals surface area contributed by atoms with Crippen LogP contribution in [0.5, 0.6) is 0 Å². The van der Waals surface area contributed by atoms with Gasteiger partial charge in [0.05, 0.1) is 5.92 Å². The van der Waals surface area contributed by atoms with E-state index in [9.17, 15) is 14.0 Å². The number of hydrogen-bond acceptors (Lipinski definition) is 3. The van der Waals surface area contributed by atoms with Crippen LogP contribution in [0.4, 0.5) is 4.39 Å². The number of carbonyl (C=O) groups excluding carboxylic acids is 2. The summed E-state index contributed by atoms with van der Waals surface area (Å²) >= 11 is 1.89. The van der Waals surface area contributed by atoms with Gasteiger partial charge in [0.1, 0.15) is 5.82 Å². The van der Waals surface area contributed by atoms with Gasteiger partial charge in [-0.3, -0.25) is 9.59 Å². The summed E-state index contributed by atoms with van der Waals surface area (Å²) in [5, 5.41) is 0. The number of amides is 2. The van der Waals surface area contributed by atoms with Gasteiger partial charge in [0, 0.05) is 49.5 Å². The van der Waals surface area contributed by atoms with Crippen molar-refractivity contribution >= 4 is 23.6 Å². The number of benzene rings is 1. The van der Waals surface area contributed by atoms with E-state index in [0.29, 0.717) is 18.7 Å². The fourth-order valence-electron chi connectivity index (χ4n) is 5.09. The molecule has 1 aliphatic carbocycles. The van der Waals surface area contributed by atoms with E-state index < -0.39 is 0 Å². The van der Waals surface area contributed by atoms with E-state index in [1.165, 1.54) is 6.07 Å². The summed E-state index contributed by atoms with van der Waals surface area (Å²) in [6.07, 6.45) is 4.93. The minimum atomic E-state index is -0.207. The van der Waals surface area contributed by atoms with Crippen LogP contribution in [0.25, 0.3) is 0 Å². The molecule has 29 heavy (non-hydrogen) atoms. The Labute approximate surface area is 177 Å². The summed E-state index contributed by atoms with van der Waals surface area (Å²) in [6.45, 7) is 4.56. The van der Waals surface area contributed by atoms with Crippen molar-refractivity contribution in [2.45, 2.75) is 44.9 Å². The number of nitrogens with zero attached hydrogens (tertiary/aromatic N) is 2. The summed E-state index contributed by atoms with van der Waals surface area (Å²) in [6, 6.07) is 5.24. The Morgan fingerprint density at radius 3 is 2.38 bits per heavy atom. The first-order valence-electron chi connectivity index (χ1n) is 10.9. The average Bonchev–Trinajstić information content (AvgIpc) is 3.30. The number of piperidine rings is 1. The lowest BCUT2D eigenvalue weighted by atomic mass is 9.82. The first-order valence-corrected chi connectivity index (χ1v) is 12.1. The highest BCUT2D eigenvalue weighted by Gasteiger charge is 2.38. The normalized spacial score (nSPS) is 26.0. The van der Waals surface area contributed by atoms with E-state index in [4.69, 9.17) is 0 Å². The minimum Gasteiger partial charge on any atom is -0.341 e. The lowest BCUT2D eigenvalue weighted by Gasteiger charge is -2.41. The zero-order chi connectivity index (χ0) is 20.4. The van der Waals surface area contributed by atoms with Crippen molar-refractivity contribution in [2.24, 2.45) is 11.8 Å². The molecule has 6 heteroatoms. The molecule has 2 aliphatic heterocycles. The zero-order valence-electron chi connectivity index (χ0n) is 17.2. The smallest absolute Gasteiger partial charge is 0.227 e. The summed E-state index contributed by atoms with van der Waals surface area (Å²) in [4.78, 5) is 30.4. The maximum Gasteiger partial charge on any atom is 0.227 e. The molecule has 0 bridgehead atoms. The molecule has 158 valence electrons. The zero-order valence-corrected chi connectivity index (χ0v) is 18.1. The van der Waals surface area contributed by atoms with Crippen molar-refractivity contribution in [2.75, 3.05) is 37.7 Å². The van der Waals surface area contributed by atoms with E-state index in [2.05, 4.69) is 0 Å². The monoisotopic (exact) mass is 418 g/mol. The highest BCUT2D eigenvalue weighted by Crippen LogP contribution is 2.35. The third kappa shape index (κ3) is 4.62. The third-order valence-corrected chi connectivity index (χ3v) is 7.73. The van der Waals surface area contributed by atoms with E-state index in [-0.39, 0.29) is 35.4 Å². The molecule has 0 spiro atoms. The second-order valence-electron chi connectivity index (χ2n) is 8.80. The molecule has 2 heterocycles. The molecule has 2 saturated heterocycles. The number of aryl methyl sites for hydroxylation is 1. The number of hydrogen-bond donors (Lipinski definition) is 0. The first kappa shape index (κ1) is 20.7. The van der Waals surface area contributed by atoms with Crippen LogP contribution >= 0.6 is 11.8 Å². The molecule has 0 aromatic heterocycles. The Bertz CT molecular complexity index is 759. The van der Waals surface area contributed by atoms with Crippen molar-refractivity contribution in [1.82, 2.24) is 9.80 Å². The molecule has 1 aromatic rings. The van der Waals surface area contributed by atoms with Gasteiger partial charge in [0.15, 0.2) is 0 Å². The molecule has 4 nitrogen and oxygen atoms in total. The largest absolute Gasteiger partial charge is 0.341 e. The molecule has 1 aromatic carbocycles. The van der Waals surface area contributed by atoms with Gasteiger partial charge in [-0.2, -0.15) is 11.8 Å². The third-order valence-electron chi connectivity index (χ3n) is 6.79. The summed E-state index contributed by atoms with van der Waals surface area (Å²) in [5.74, 6) is 2.23. The molecule has 4 rings (SSSR count). The molecule has 0 radical (unpaired) electrons. The standard InChI is InChI=1S/C23H31FN2O2S/c1-16-12-18(6-7-21(16)24)19-13-20(23(28)25-8-10-29-11-9-25)15-26(14-19)22(27)17-4-2-3-5-17/h6-7,12,17,19-20H,2-5,8-11,13-15H2,1H3/t19-,20+/m0/s1. The van der Waals surface area contributed by atoms with Crippen LogP contribution in [0, 0.1) is 24.6 Å². The molecule has 2 atom stereocenters. The van der Waals surface area contributed by atoms with Gasteiger partial charge in [-0.05, 0) is 43.4 Å². The molecule has 0 N–H and O–H groups in total. The van der Waals surface area contributed by atoms with Crippen LogP contribution in [0.2, 0.25) is 0 Å². The van der Waals surface area contributed by atoms with Crippen LogP contribution in [0.1, 0.15) is 49.1 Å². The SMILES string of the molecule is Cc1cc([C@H]2C[C@@H](C(=O)N3CCSCC3)CN(C(=O)C3CCCC3)C2)ccc1F. The predicted molar refractivity (Wildman–Crippen MR) is 114 cm³/mol. The molecule has 3 fully saturated rings. The van der Waals surface area contributed by atoms with Crippen LogP contribution in [0.3, 0.4) is 0 Å². The highest BCUT2D eigenvalue weighted by molar-refractivity contribution is 7.99. The molecule has 1 saturated carbocycles.